The highest BCUT2D eigenvalue weighted by Gasteiger charge is 2.39. The summed E-state index contributed by atoms with van der Waals surface area (Å²) in [7, 11) is 0. The van der Waals surface area contributed by atoms with Crippen molar-refractivity contribution >= 4 is 40.0 Å². The van der Waals surface area contributed by atoms with Gasteiger partial charge in [-0.15, -0.1) is 21.5 Å². The molecule has 5 nitrogen and oxygen atoms in total. The normalized spacial score (nSPS) is 17.7. The van der Waals surface area contributed by atoms with E-state index >= 15 is 0 Å². The van der Waals surface area contributed by atoms with Gasteiger partial charge in [0.1, 0.15) is 34.1 Å². The maximum Gasteiger partial charge on any atom is 0.186 e. The maximum absolute atomic E-state index is 13.2. The van der Waals surface area contributed by atoms with Crippen molar-refractivity contribution < 1.29 is 13.9 Å². The Morgan fingerprint density at radius 1 is 1.20 bits per heavy atom. The van der Waals surface area contributed by atoms with E-state index in [9.17, 15) is 9.18 Å². The summed E-state index contributed by atoms with van der Waals surface area (Å²) in [4.78, 5) is 13.3. The third kappa shape index (κ3) is 4.49. The largest absolute Gasteiger partial charge is 0.489 e. The maximum atomic E-state index is 13.2. The van der Waals surface area contributed by atoms with Crippen LogP contribution in [0.25, 0.3) is 6.08 Å². The fourth-order valence-corrected chi connectivity index (χ4v) is 4.90. The number of aromatic nitrogens is 2. The van der Waals surface area contributed by atoms with E-state index in [0.29, 0.717) is 15.7 Å². The molecule has 30 heavy (non-hydrogen) atoms. The molecule has 3 aromatic rings. The molecule has 1 aromatic heterocycles. The fourth-order valence-electron chi connectivity index (χ4n) is 2.95. The van der Waals surface area contributed by atoms with Gasteiger partial charge in [-0.2, -0.15) is 0 Å². The van der Waals surface area contributed by atoms with Crippen molar-refractivity contribution in [3.8, 4) is 5.75 Å². The Kier molecular flexibility index (Phi) is 6.06. The molecule has 0 amide bonds. The van der Waals surface area contributed by atoms with Crippen molar-refractivity contribution in [1.82, 2.24) is 10.2 Å². The number of rotatable bonds is 6. The number of nitrogens with zero attached hydrogens (tertiary/aromatic N) is 2. The number of aryl methyl sites for hydroxylation is 1. The number of benzene rings is 2. The van der Waals surface area contributed by atoms with Gasteiger partial charge in [-0.25, -0.2) is 4.39 Å². The molecule has 0 bridgehead atoms. The highest BCUT2D eigenvalue weighted by atomic mass is 32.2. The van der Waals surface area contributed by atoms with Gasteiger partial charge in [-0.05, 0) is 47.9 Å². The molecule has 1 saturated heterocycles. The monoisotopic (exact) mass is 439 g/mol. The molecule has 8 heteroatoms. The van der Waals surface area contributed by atoms with Gasteiger partial charge in [0.2, 0.25) is 0 Å². The molecule has 1 aliphatic rings. The van der Waals surface area contributed by atoms with Crippen LogP contribution in [0, 0.1) is 11.2 Å². The number of nitrogens with one attached hydrogen (secondary N) is 1. The summed E-state index contributed by atoms with van der Waals surface area (Å²) in [5.41, 5.74) is 1.59. The zero-order chi connectivity index (χ0) is 21.1. The number of ether oxygens (including phenoxy) is 1. The summed E-state index contributed by atoms with van der Waals surface area (Å²) in [6.07, 6.45) is 2.54. The summed E-state index contributed by atoms with van der Waals surface area (Å²) in [5.74, 6) is -0.401. The quantitative estimate of drug-likeness (QED) is 0.532. The highest BCUT2D eigenvalue weighted by Crippen LogP contribution is 2.41. The van der Waals surface area contributed by atoms with Crippen molar-refractivity contribution in [3.63, 3.8) is 0 Å². The lowest BCUT2D eigenvalue weighted by Crippen LogP contribution is -2.11. The minimum absolute atomic E-state index is 0.116. The van der Waals surface area contributed by atoms with E-state index in [1.165, 1.54) is 35.2 Å². The SMILES string of the molecule is CCc1nnc([C@H]2C(=N)S/C(=C\c3ccc(OCc4cccc(F)c4)cc3)C2=O)s1. The van der Waals surface area contributed by atoms with Crippen LogP contribution < -0.4 is 4.74 Å². The van der Waals surface area contributed by atoms with E-state index < -0.39 is 5.92 Å². The Morgan fingerprint density at radius 3 is 2.70 bits per heavy atom. The van der Waals surface area contributed by atoms with Crippen molar-refractivity contribution in [2.24, 2.45) is 0 Å². The summed E-state index contributed by atoms with van der Waals surface area (Å²) >= 11 is 2.56. The van der Waals surface area contributed by atoms with Gasteiger partial charge >= 0.3 is 0 Å². The molecule has 1 N–H and O–H groups in total. The lowest BCUT2D eigenvalue weighted by Gasteiger charge is -2.07. The predicted octanol–water partition coefficient (Wildman–Crippen LogP) is 5.24. The second-order valence-electron chi connectivity index (χ2n) is 6.65. The zero-order valence-corrected chi connectivity index (χ0v) is 17.7. The zero-order valence-electron chi connectivity index (χ0n) is 16.1. The van der Waals surface area contributed by atoms with E-state index in [2.05, 4.69) is 10.2 Å². The number of halogens is 1. The number of thioether (sulfide) groups is 1. The summed E-state index contributed by atoms with van der Waals surface area (Å²) < 4.78 is 18.9. The first-order valence-electron chi connectivity index (χ1n) is 9.35. The Bertz CT molecular complexity index is 1130. The lowest BCUT2D eigenvalue weighted by molar-refractivity contribution is -0.114. The van der Waals surface area contributed by atoms with Crippen LogP contribution in [0.15, 0.2) is 53.4 Å². The third-order valence-electron chi connectivity index (χ3n) is 4.49. The van der Waals surface area contributed by atoms with Crippen LogP contribution in [0.1, 0.15) is 34.0 Å². The van der Waals surface area contributed by atoms with Crippen LogP contribution in [-0.2, 0) is 17.8 Å². The molecule has 0 saturated carbocycles. The molecule has 0 unspecified atom stereocenters. The van der Waals surface area contributed by atoms with Crippen LogP contribution in [0.3, 0.4) is 0 Å². The van der Waals surface area contributed by atoms with E-state index in [1.807, 2.05) is 19.1 Å². The predicted molar refractivity (Wildman–Crippen MR) is 118 cm³/mol. The average molecular weight is 440 g/mol. The molecule has 1 aliphatic heterocycles. The molecular formula is C22H18FN3O2S2. The molecule has 2 aromatic carbocycles. The van der Waals surface area contributed by atoms with Crippen LogP contribution >= 0.6 is 23.1 Å². The molecule has 1 fully saturated rings. The molecule has 0 aliphatic carbocycles. The van der Waals surface area contributed by atoms with Crippen LogP contribution in [0.4, 0.5) is 4.39 Å². The first-order chi connectivity index (χ1) is 14.5. The van der Waals surface area contributed by atoms with Gasteiger partial charge < -0.3 is 4.74 Å². The van der Waals surface area contributed by atoms with Crippen LogP contribution in [0.2, 0.25) is 0 Å². The van der Waals surface area contributed by atoms with Crippen molar-refractivity contribution in [3.05, 3.63) is 80.4 Å². The topological polar surface area (TPSA) is 75.9 Å². The molecule has 152 valence electrons. The standard InChI is InChI=1S/C22H18FN3O2S2/c1-2-18-25-26-22(30-18)19-20(27)17(29-21(19)24)11-13-6-8-16(9-7-13)28-12-14-4-3-5-15(23)10-14/h3-11,19,24H,2,12H2,1H3/b17-11-,24-21?/t19-/m1/s1. The van der Waals surface area contributed by atoms with E-state index in [4.69, 9.17) is 10.1 Å². The van der Waals surface area contributed by atoms with Gasteiger partial charge in [0.25, 0.3) is 0 Å². The smallest absolute Gasteiger partial charge is 0.186 e. The average Bonchev–Trinajstić information content (AvgIpc) is 3.31. The number of hydrogen-bond donors (Lipinski definition) is 1. The van der Waals surface area contributed by atoms with Crippen molar-refractivity contribution in [1.29, 1.82) is 5.41 Å². The molecule has 0 radical (unpaired) electrons. The van der Waals surface area contributed by atoms with Gasteiger partial charge in [-0.1, -0.05) is 43.0 Å². The van der Waals surface area contributed by atoms with Gasteiger partial charge in [0, 0.05) is 0 Å². The Labute approximate surface area is 181 Å². The number of carbonyl (C=O) groups excluding carboxylic acids is 1. The Morgan fingerprint density at radius 2 is 2.00 bits per heavy atom. The van der Waals surface area contributed by atoms with E-state index in [1.54, 1.807) is 30.3 Å². The third-order valence-corrected chi connectivity index (χ3v) is 6.62. The first kappa shape index (κ1) is 20.4. The van der Waals surface area contributed by atoms with Crippen LogP contribution in [0.5, 0.6) is 5.75 Å². The molecule has 0 spiro atoms. The number of carbonyl (C=O) groups is 1. The Balaban J connectivity index is 1.44. The molecule has 2 heterocycles. The number of allylic oxidation sites excluding steroid dienone is 1. The van der Waals surface area contributed by atoms with Gasteiger partial charge in [0.05, 0.1) is 9.95 Å². The lowest BCUT2D eigenvalue weighted by atomic mass is 10.1. The highest BCUT2D eigenvalue weighted by molar-refractivity contribution is 8.19. The number of ketones is 1. The van der Waals surface area contributed by atoms with Crippen molar-refractivity contribution in [2.45, 2.75) is 25.9 Å². The summed E-state index contributed by atoms with van der Waals surface area (Å²) in [6, 6.07) is 13.6. The minimum Gasteiger partial charge on any atom is -0.489 e. The molecule has 4 rings (SSSR count). The molecular weight excluding hydrogens is 421 g/mol. The van der Waals surface area contributed by atoms with E-state index in [0.717, 1.165) is 22.6 Å². The fraction of sp³-hybridized carbons (Fsp3) is 0.182. The van der Waals surface area contributed by atoms with E-state index in [-0.39, 0.29) is 23.3 Å². The number of Topliss-reactive ketones (excluding diaryl/α,β-unsaturated/α-hetero) is 1. The minimum atomic E-state index is -0.645. The van der Waals surface area contributed by atoms with Crippen LogP contribution in [-0.4, -0.2) is 21.0 Å². The number of hydrogen-bond acceptors (Lipinski definition) is 7. The summed E-state index contributed by atoms with van der Waals surface area (Å²) in [5, 5.41) is 18.1. The molecule has 1 atom stereocenters. The second kappa shape index (κ2) is 8.89. The van der Waals surface area contributed by atoms with Crippen molar-refractivity contribution in [2.75, 3.05) is 0 Å². The van der Waals surface area contributed by atoms with Gasteiger partial charge in [0.15, 0.2) is 5.78 Å². The Hall–Kier alpha value is -2.84. The summed E-state index contributed by atoms with van der Waals surface area (Å²) in [6.45, 7) is 2.25. The van der Waals surface area contributed by atoms with Gasteiger partial charge in [-0.3, -0.25) is 10.2 Å². The second-order valence-corrected chi connectivity index (χ2v) is 8.82. The first-order valence-corrected chi connectivity index (χ1v) is 11.0.